The minimum Gasteiger partial charge on any atom is -0.369 e. The summed E-state index contributed by atoms with van der Waals surface area (Å²) in [6.07, 6.45) is 4.22. The highest BCUT2D eigenvalue weighted by Gasteiger charge is 2.24. The molecular formula is C20H21N3O2S2. The van der Waals surface area contributed by atoms with E-state index in [2.05, 4.69) is 0 Å². The second kappa shape index (κ2) is 7.13. The van der Waals surface area contributed by atoms with Crippen molar-refractivity contribution in [3.63, 3.8) is 0 Å². The van der Waals surface area contributed by atoms with Gasteiger partial charge in [0.15, 0.2) is 5.16 Å². The highest BCUT2D eigenvalue weighted by molar-refractivity contribution is 8.00. The maximum atomic E-state index is 13.5. The molecule has 5 nitrogen and oxygen atoms in total. The highest BCUT2D eigenvalue weighted by Crippen LogP contribution is 2.35. The Morgan fingerprint density at radius 1 is 1.26 bits per heavy atom. The topological polar surface area (TPSA) is 78.0 Å². The fraction of sp³-hybridized carbons (Fsp3) is 0.350. The van der Waals surface area contributed by atoms with E-state index in [0.717, 1.165) is 47.2 Å². The third-order valence-corrected chi connectivity index (χ3v) is 7.19. The van der Waals surface area contributed by atoms with Crippen LogP contribution in [0.25, 0.3) is 15.9 Å². The number of aryl methyl sites for hydroxylation is 3. The summed E-state index contributed by atoms with van der Waals surface area (Å²) in [5, 5.41) is 0.785. The van der Waals surface area contributed by atoms with Crippen LogP contribution in [-0.4, -0.2) is 20.7 Å². The Labute approximate surface area is 165 Å². The zero-order valence-corrected chi connectivity index (χ0v) is 17.0. The van der Waals surface area contributed by atoms with Crippen molar-refractivity contribution in [3.05, 3.63) is 50.6 Å². The number of carbonyl (C=O) groups is 1. The van der Waals surface area contributed by atoms with Gasteiger partial charge in [0.05, 0.1) is 16.3 Å². The number of thioether (sulfide) groups is 1. The first-order valence-corrected chi connectivity index (χ1v) is 10.8. The maximum absolute atomic E-state index is 13.5. The van der Waals surface area contributed by atoms with Crippen LogP contribution in [0.3, 0.4) is 0 Å². The summed E-state index contributed by atoms with van der Waals surface area (Å²) in [6, 6.07) is 7.78. The predicted molar refractivity (Wildman–Crippen MR) is 111 cm³/mol. The van der Waals surface area contributed by atoms with Gasteiger partial charge in [-0.25, -0.2) is 4.98 Å². The van der Waals surface area contributed by atoms with Crippen molar-refractivity contribution < 1.29 is 4.79 Å². The normalized spacial score (nSPS) is 14.9. The second-order valence-corrected chi connectivity index (χ2v) is 9.32. The molecule has 2 N–H and O–H groups in total. The van der Waals surface area contributed by atoms with Crippen molar-refractivity contribution in [2.24, 2.45) is 5.73 Å². The van der Waals surface area contributed by atoms with Gasteiger partial charge in [0.25, 0.3) is 5.56 Å². The third kappa shape index (κ3) is 3.30. The number of aromatic nitrogens is 2. The minimum atomic E-state index is -0.472. The lowest BCUT2D eigenvalue weighted by atomic mass is 9.97. The third-order valence-electron chi connectivity index (χ3n) is 4.93. The molecule has 27 heavy (non-hydrogen) atoms. The Kier molecular flexibility index (Phi) is 4.82. The van der Waals surface area contributed by atoms with Gasteiger partial charge >= 0.3 is 0 Å². The smallest absolute Gasteiger partial charge is 0.267 e. The number of nitrogens with zero attached hydrogens (tertiary/aromatic N) is 2. The summed E-state index contributed by atoms with van der Waals surface area (Å²) in [5.74, 6) is -0.421. The van der Waals surface area contributed by atoms with Gasteiger partial charge in [-0.15, -0.1) is 11.3 Å². The molecule has 0 radical (unpaired) electrons. The molecule has 3 aromatic rings. The molecule has 1 atom stereocenters. The van der Waals surface area contributed by atoms with E-state index in [1.807, 2.05) is 31.2 Å². The van der Waals surface area contributed by atoms with Gasteiger partial charge in [-0.05, 0) is 57.2 Å². The van der Waals surface area contributed by atoms with Gasteiger partial charge in [0.1, 0.15) is 4.83 Å². The van der Waals surface area contributed by atoms with Gasteiger partial charge in [0.2, 0.25) is 5.91 Å². The molecule has 1 aliphatic carbocycles. The lowest BCUT2D eigenvalue weighted by molar-refractivity contribution is -0.117. The number of hydrogen-bond donors (Lipinski definition) is 1. The molecule has 0 unspecified atom stereocenters. The molecule has 0 bridgehead atoms. The number of primary amides is 1. The molecule has 0 aliphatic heterocycles. The molecular weight excluding hydrogens is 378 g/mol. The molecule has 2 heterocycles. The average Bonchev–Trinajstić information content (AvgIpc) is 3.01. The molecule has 7 heteroatoms. The summed E-state index contributed by atoms with van der Waals surface area (Å²) in [7, 11) is 0. The van der Waals surface area contributed by atoms with Crippen molar-refractivity contribution in [1.29, 1.82) is 0 Å². The number of rotatable bonds is 4. The van der Waals surface area contributed by atoms with Crippen LogP contribution in [0, 0.1) is 6.92 Å². The molecule has 1 aromatic carbocycles. The molecule has 1 amide bonds. The van der Waals surface area contributed by atoms with E-state index < -0.39 is 11.2 Å². The summed E-state index contributed by atoms with van der Waals surface area (Å²) in [6.45, 7) is 3.75. The van der Waals surface area contributed by atoms with Crippen molar-refractivity contribution in [2.75, 3.05) is 0 Å². The summed E-state index contributed by atoms with van der Waals surface area (Å²) in [5.41, 5.74) is 8.44. The van der Waals surface area contributed by atoms with Crippen molar-refractivity contribution in [2.45, 2.75) is 49.9 Å². The molecule has 2 aromatic heterocycles. The van der Waals surface area contributed by atoms with Gasteiger partial charge in [-0.1, -0.05) is 29.5 Å². The quantitative estimate of drug-likeness (QED) is 0.537. The first-order chi connectivity index (χ1) is 13.0. The first kappa shape index (κ1) is 18.3. The van der Waals surface area contributed by atoms with Crippen LogP contribution in [-0.2, 0) is 17.6 Å². The standard InChI is InChI=1S/C20H21N3O2S2/c1-11-7-9-13(10-8-11)23-19(25)16-14-5-3-4-6-15(14)27-18(16)22-20(23)26-12(2)17(21)24/h7-10,12H,3-6H2,1-2H3,(H2,21,24)/t12-/m1/s1. The van der Waals surface area contributed by atoms with Crippen molar-refractivity contribution in [1.82, 2.24) is 9.55 Å². The molecule has 1 aliphatic rings. The Balaban J connectivity index is 1.98. The number of carbonyl (C=O) groups excluding carboxylic acids is 1. The SMILES string of the molecule is Cc1ccc(-n2c(S[C@H](C)C(N)=O)nc3sc4c(c3c2=O)CCCC4)cc1. The molecule has 0 saturated carbocycles. The van der Waals surface area contributed by atoms with E-state index in [4.69, 9.17) is 10.7 Å². The van der Waals surface area contributed by atoms with Crippen LogP contribution in [0.15, 0.2) is 34.2 Å². The number of hydrogen-bond acceptors (Lipinski definition) is 5. The Morgan fingerprint density at radius 3 is 2.67 bits per heavy atom. The fourth-order valence-electron chi connectivity index (χ4n) is 3.40. The van der Waals surface area contributed by atoms with Gasteiger partial charge < -0.3 is 5.73 Å². The predicted octanol–water partition coefficient (Wildman–Crippen LogP) is 3.60. The van der Waals surface area contributed by atoms with Crippen LogP contribution < -0.4 is 11.3 Å². The average molecular weight is 400 g/mol. The zero-order chi connectivity index (χ0) is 19.1. The minimum absolute atomic E-state index is 0.0533. The van der Waals surface area contributed by atoms with E-state index in [1.165, 1.54) is 22.2 Å². The molecule has 0 saturated heterocycles. The first-order valence-electron chi connectivity index (χ1n) is 9.06. The number of amides is 1. The van der Waals surface area contributed by atoms with Crippen LogP contribution >= 0.6 is 23.1 Å². The molecule has 140 valence electrons. The number of nitrogens with two attached hydrogens (primary N) is 1. The van der Waals surface area contributed by atoms with E-state index in [-0.39, 0.29) is 5.56 Å². The van der Waals surface area contributed by atoms with Crippen LogP contribution in [0.1, 0.15) is 35.8 Å². The summed E-state index contributed by atoms with van der Waals surface area (Å²) < 4.78 is 1.63. The Bertz CT molecular complexity index is 1080. The molecule has 4 rings (SSSR count). The van der Waals surface area contributed by atoms with Gasteiger partial charge in [-0.2, -0.15) is 0 Å². The van der Waals surface area contributed by atoms with Gasteiger partial charge in [0, 0.05) is 4.88 Å². The summed E-state index contributed by atoms with van der Waals surface area (Å²) in [4.78, 5) is 32.0. The maximum Gasteiger partial charge on any atom is 0.267 e. The monoisotopic (exact) mass is 399 g/mol. The van der Waals surface area contributed by atoms with E-state index in [0.29, 0.717) is 5.16 Å². The fourth-order valence-corrected chi connectivity index (χ4v) is 5.58. The molecule has 0 fully saturated rings. The molecule has 0 spiro atoms. The van der Waals surface area contributed by atoms with Crippen molar-refractivity contribution >= 4 is 39.2 Å². The zero-order valence-electron chi connectivity index (χ0n) is 15.3. The number of benzene rings is 1. The van der Waals surface area contributed by atoms with E-state index in [1.54, 1.807) is 22.8 Å². The number of thiophene rings is 1. The Hall–Kier alpha value is -2.12. The largest absolute Gasteiger partial charge is 0.369 e. The van der Waals surface area contributed by atoms with E-state index >= 15 is 0 Å². The second-order valence-electron chi connectivity index (χ2n) is 6.92. The van der Waals surface area contributed by atoms with Gasteiger partial charge in [-0.3, -0.25) is 14.2 Å². The van der Waals surface area contributed by atoms with Crippen LogP contribution in [0.2, 0.25) is 0 Å². The van der Waals surface area contributed by atoms with E-state index in [9.17, 15) is 9.59 Å². The van der Waals surface area contributed by atoms with Crippen molar-refractivity contribution in [3.8, 4) is 5.69 Å². The highest BCUT2D eigenvalue weighted by atomic mass is 32.2. The lowest BCUT2D eigenvalue weighted by Gasteiger charge is -2.15. The van der Waals surface area contributed by atoms with Crippen LogP contribution in [0.5, 0.6) is 0 Å². The lowest BCUT2D eigenvalue weighted by Crippen LogP contribution is -2.26. The number of fused-ring (bicyclic) bond motifs is 3. The summed E-state index contributed by atoms with van der Waals surface area (Å²) >= 11 is 2.85. The Morgan fingerprint density at radius 2 is 1.96 bits per heavy atom. The van der Waals surface area contributed by atoms with Crippen LogP contribution in [0.4, 0.5) is 0 Å².